The van der Waals surface area contributed by atoms with Gasteiger partial charge in [-0.1, -0.05) is 6.07 Å². The van der Waals surface area contributed by atoms with Crippen LogP contribution in [0.15, 0.2) is 36.5 Å². The van der Waals surface area contributed by atoms with Crippen LogP contribution in [0.3, 0.4) is 0 Å². The monoisotopic (exact) mass is 339 g/mol. The molecule has 0 aliphatic carbocycles. The highest BCUT2D eigenvalue weighted by atomic mass is 19.4. The summed E-state index contributed by atoms with van der Waals surface area (Å²) in [6.07, 6.45) is -0.909. The van der Waals surface area contributed by atoms with E-state index in [2.05, 4.69) is 10.4 Å². The number of carbonyl (C=O) groups excluding carboxylic acids is 1. The van der Waals surface area contributed by atoms with Gasteiger partial charge >= 0.3 is 6.18 Å². The highest BCUT2D eigenvalue weighted by Gasteiger charge is 2.30. The molecule has 1 aliphatic heterocycles. The minimum atomic E-state index is -4.42. The van der Waals surface area contributed by atoms with Gasteiger partial charge in [0.15, 0.2) is 5.82 Å². The Hall–Kier alpha value is -2.35. The number of halogens is 3. The van der Waals surface area contributed by atoms with Crippen molar-refractivity contribution in [3.8, 4) is 5.69 Å². The molecule has 0 bridgehead atoms. The number of ether oxygens (including phenoxy) is 1. The van der Waals surface area contributed by atoms with E-state index in [-0.39, 0.29) is 17.4 Å². The number of hydrogen-bond acceptors (Lipinski definition) is 3. The molecule has 24 heavy (non-hydrogen) atoms. The zero-order valence-corrected chi connectivity index (χ0v) is 12.7. The molecule has 5 nitrogen and oxygen atoms in total. The molecule has 1 N–H and O–H groups in total. The lowest BCUT2D eigenvalue weighted by Gasteiger charge is -2.21. The summed E-state index contributed by atoms with van der Waals surface area (Å²) in [5, 5.41) is 6.73. The van der Waals surface area contributed by atoms with Crippen LogP contribution in [0.1, 0.15) is 24.8 Å². The van der Waals surface area contributed by atoms with Crippen LogP contribution >= 0.6 is 0 Å². The van der Waals surface area contributed by atoms with Crippen LogP contribution in [0.25, 0.3) is 5.69 Å². The number of hydrogen-bond donors (Lipinski definition) is 1. The maximum Gasteiger partial charge on any atom is 0.416 e. The molecule has 2 heterocycles. The maximum absolute atomic E-state index is 12.8. The van der Waals surface area contributed by atoms with Crippen LogP contribution in [0, 0.1) is 0 Å². The van der Waals surface area contributed by atoms with Gasteiger partial charge in [-0.05, 0) is 37.5 Å². The fourth-order valence-electron chi connectivity index (χ4n) is 2.51. The minimum absolute atomic E-state index is 0.263. The minimum Gasteiger partial charge on any atom is -0.368 e. The summed E-state index contributed by atoms with van der Waals surface area (Å²) in [6.45, 7) is 0.552. The normalized spacial score (nSPS) is 18.4. The largest absolute Gasteiger partial charge is 0.416 e. The Morgan fingerprint density at radius 2 is 2.12 bits per heavy atom. The maximum atomic E-state index is 12.8. The van der Waals surface area contributed by atoms with E-state index in [1.165, 1.54) is 29.1 Å². The Morgan fingerprint density at radius 1 is 1.29 bits per heavy atom. The molecule has 1 aromatic carbocycles. The first-order valence-corrected chi connectivity index (χ1v) is 7.59. The molecule has 1 aromatic heterocycles. The van der Waals surface area contributed by atoms with Gasteiger partial charge in [0.05, 0.1) is 11.3 Å². The van der Waals surface area contributed by atoms with Crippen LogP contribution in [0.2, 0.25) is 0 Å². The fourth-order valence-corrected chi connectivity index (χ4v) is 2.51. The highest BCUT2D eigenvalue weighted by Crippen LogP contribution is 2.30. The van der Waals surface area contributed by atoms with Crippen LogP contribution in [0.5, 0.6) is 0 Å². The van der Waals surface area contributed by atoms with Crippen molar-refractivity contribution in [1.82, 2.24) is 9.78 Å². The summed E-state index contributed by atoms with van der Waals surface area (Å²) in [4.78, 5) is 12.1. The van der Waals surface area contributed by atoms with Crippen molar-refractivity contribution in [3.63, 3.8) is 0 Å². The van der Waals surface area contributed by atoms with Gasteiger partial charge in [0.25, 0.3) is 5.91 Å². The second-order valence-corrected chi connectivity index (χ2v) is 5.54. The topological polar surface area (TPSA) is 56.2 Å². The molecule has 3 rings (SSSR count). The third-order valence-electron chi connectivity index (χ3n) is 3.75. The van der Waals surface area contributed by atoms with Crippen molar-refractivity contribution < 1.29 is 22.7 Å². The second kappa shape index (κ2) is 6.64. The van der Waals surface area contributed by atoms with Crippen molar-refractivity contribution in [3.05, 3.63) is 42.1 Å². The van der Waals surface area contributed by atoms with E-state index in [0.717, 1.165) is 25.0 Å². The van der Waals surface area contributed by atoms with Crippen molar-refractivity contribution in [2.75, 3.05) is 11.9 Å². The molecule has 8 heteroatoms. The van der Waals surface area contributed by atoms with Gasteiger partial charge in [0, 0.05) is 18.9 Å². The average Bonchev–Trinajstić information content (AvgIpc) is 3.03. The third kappa shape index (κ3) is 3.76. The molecular formula is C16H16F3N3O2. The molecule has 1 atom stereocenters. The summed E-state index contributed by atoms with van der Waals surface area (Å²) >= 11 is 0. The smallest absolute Gasteiger partial charge is 0.368 e. The highest BCUT2D eigenvalue weighted by molar-refractivity contribution is 5.93. The van der Waals surface area contributed by atoms with Gasteiger partial charge < -0.3 is 10.1 Å². The summed E-state index contributed by atoms with van der Waals surface area (Å²) in [7, 11) is 0. The molecule has 1 unspecified atom stereocenters. The molecule has 1 fully saturated rings. The van der Waals surface area contributed by atoms with Gasteiger partial charge in [-0.25, -0.2) is 4.68 Å². The zero-order valence-electron chi connectivity index (χ0n) is 12.7. The first-order valence-electron chi connectivity index (χ1n) is 7.59. The number of aromatic nitrogens is 2. The Labute approximate surface area is 136 Å². The number of amides is 1. The number of rotatable bonds is 3. The summed E-state index contributed by atoms with van der Waals surface area (Å²) < 4.78 is 45.0. The quantitative estimate of drug-likeness (QED) is 0.932. The summed E-state index contributed by atoms with van der Waals surface area (Å²) in [6, 6.07) is 6.35. The second-order valence-electron chi connectivity index (χ2n) is 5.54. The van der Waals surface area contributed by atoms with Crippen molar-refractivity contribution in [2.45, 2.75) is 31.5 Å². The molecule has 1 amide bonds. The molecule has 0 saturated carbocycles. The zero-order chi connectivity index (χ0) is 17.2. The molecule has 1 saturated heterocycles. The van der Waals surface area contributed by atoms with Crippen molar-refractivity contribution >= 4 is 11.7 Å². The molecule has 0 radical (unpaired) electrons. The number of carbonyl (C=O) groups is 1. The van der Waals surface area contributed by atoms with Gasteiger partial charge in [-0.15, -0.1) is 0 Å². The van der Waals surface area contributed by atoms with E-state index in [0.29, 0.717) is 13.0 Å². The lowest BCUT2D eigenvalue weighted by Crippen LogP contribution is -2.33. The van der Waals surface area contributed by atoms with E-state index in [9.17, 15) is 18.0 Å². The summed E-state index contributed by atoms with van der Waals surface area (Å²) in [5.41, 5.74) is -0.490. The van der Waals surface area contributed by atoms with Crippen LogP contribution < -0.4 is 5.32 Å². The van der Waals surface area contributed by atoms with Crippen LogP contribution in [-0.4, -0.2) is 28.4 Å². The van der Waals surface area contributed by atoms with Crippen LogP contribution in [-0.2, 0) is 15.7 Å². The number of nitrogens with zero attached hydrogens (tertiary/aromatic N) is 2. The molecule has 0 spiro atoms. The Morgan fingerprint density at radius 3 is 2.83 bits per heavy atom. The van der Waals surface area contributed by atoms with Crippen molar-refractivity contribution in [2.24, 2.45) is 0 Å². The predicted molar refractivity (Wildman–Crippen MR) is 80.8 cm³/mol. The SMILES string of the molecule is O=C(Nc1ccn(-c2cccc(C(F)(F)F)c2)n1)C1CCCCO1. The van der Waals surface area contributed by atoms with E-state index in [1.54, 1.807) is 0 Å². The Bertz CT molecular complexity index is 721. The third-order valence-corrected chi connectivity index (χ3v) is 3.75. The number of benzene rings is 1. The van der Waals surface area contributed by atoms with Crippen molar-refractivity contribution in [1.29, 1.82) is 0 Å². The summed E-state index contributed by atoms with van der Waals surface area (Å²) in [5.74, 6) is -0.0180. The molecule has 128 valence electrons. The average molecular weight is 339 g/mol. The van der Waals surface area contributed by atoms with Gasteiger partial charge in [0.2, 0.25) is 0 Å². The van der Waals surface area contributed by atoms with Gasteiger partial charge in [-0.2, -0.15) is 18.3 Å². The lowest BCUT2D eigenvalue weighted by molar-refractivity contribution is -0.137. The Balaban J connectivity index is 1.72. The molecular weight excluding hydrogens is 323 g/mol. The standard InChI is InChI=1S/C16H16F3N3O2/c17-16(18,19)11-4-3-5-12(10-11)22-8-7-14(21-22)20-15(23)13-6-1-2-9-24-13/h3-5,7-8,10,13H,1-2,6,9H2,(H,20,21,23). The number of alkyl halides is 3. The van der Waals surface area contributed by atoms with E-state index in [1.807, 2.05) is 0 Å². The molecule has 2 aromatic rings. The number of anilines is 1. The van der Waals surface area contributed by atoms with Gasteiger partial charge in [-0.3, -0.25) is 4.79 Å². The first kappa shape index (κ1) is 16.5. The first-order chi connectivity index (χ1) is 11.4. The van der Waals surface area contributed by atoms with E-state index in [4.69, 9.17) is 4.74 Å². The van der Waals surface area contributed by atoms with E-state index >= 15 is 0 Å². The van der Waals surface area contributed by atoms with Gasteiger partial charge in [0.1, 0.15) is 6.10 Å². The number of nitrogens with one attached hydrogen (secondary N) is 1. The Kier molecular flexibility index (Phi) is 4.57. The van der Waals surface area contributed by atoms with Crippen LogP contribution in [0.4, 0.5) is 19.0 Å². The molecule has 1 aliphatic rings. The lowest BCUT2D eigenvalue weighted by atomic mass is 10.1. The fraction of sp³-hybridized carbons (Fsp3) is 0.375. The van der Waals surface area contributed by atoms with E-state index < -0.39 is 17.8 Å². The predicted octanol–water partition coefficient (Wildman–Crippen LogP) is 3.40.